The van der Waals surface area contributed by atoms with Crippen LogP contribution < -0.4 is 9.47 Å². The summed E-state index contributed by atoms with van der Waals surface area (Å²) in [5, 5.41) is 0. The molecule has 0 aliphatic carbocycles. The van der Waals surface area contributed by atoms with Crippen LogP contribution in [0.15, 0.2) is 54.6 Å². The van der Waals surface area contributed by atoms with Gasteiger partial charge in [-0.3, -0.25) is 9.78 Å². The number of amides is 1. The van der Waals surface area contributed by atoms with Gasteiger partial charge in [-0.25, -0.2) is 4.39 Å². The molecule has 164 valence electrons. The van der Waals surface area contributed by atoms with E-state index < -0.39 is 0 Å². The van der Waals surface area contributed by atoms with Crippen LogP contribution in [-0.4, -0.2) is 35.5 Å². The van der Waals surface area contributed by atoms with E-state index in [2.05, 4.69) is 0 Å². The fourth-order valence-corrected chi connectivity index (χ4v) is 4.52. The van der Waals surface area contributed by atoms with Crippen LogP contribution in [0.2, 0.25) is 0 Å². The molecule has 6 heteroatoms. The zero-order chi connectivity index (χ0) is 22.1. The second-order valence-electron chi connectivity index (χ2n) is 8.33. The van der Waals surface area contributed by atoms with E-state index >= 15 is 0 Å². The number of aromatic nitrogens is 1. The highest BCUT2D eigenvalue weighted by molar-refractivity contribution is 5.80. The molecule has 2 aromatic carbocycles. The number of ether oxygens (including phenoxy) is 2. The van der Waals surface area contributed by atoms with E-state index in [0.717, 1.165) is 53.2 Å². The first kappa shape index (κ1) is 20.5. The summed E-state index contributed by atoms with van der Waals surface area (Å²) in [6, 6.07) is 16.1. The number of pyridine rings is 1. The molecule has 3 heterocycles. The third-order valence-electron chi connectivity index (χ3n) is 6.03. The topological polar surface area (TPSA) is 51.7 Å². The number of benzene rings is 2. The van der Waals surface area contributed by atoms with Gasteiger partial charge in [0.25, 0.3) is 0 Å². The van der Waals surface area contributed by atoms with Crippen LogP contribution in [0.1, 0.15) is 35.8 Å². The lowest BCUT2D eigenvalue weighted by Gasteiger charge is -2.25. The number of rotatable bonds is 4. The van der Waals surface area contributed by atoms with Gasteiger partial charge in [0.15, 0.2) is 11.5 Å². The largest absolute Gasteiger partial charge is 0.486 e. The van der Waals surface area contributed by atoms with Crippen molar-refractivity contribution >= 4 is 5.91 Å². The van der Waals surface area contributed by atoms with Crippen molar-refractivity contribution in [3.8, 4) is 22.6 Å². The van der Waals surface area contributed by atoms with E-state index in [1.807, 2.05) is 42.2 Å². The van der Waals surface area contributed by atoms with Gasteiger partial charge in [-0.15, -0.1) is 0 Å². The monoisotopic (exact) mass is 432 g/mol. The molecule has 5 nitrogen and oxygen atoms in total. The third kappa shape index (κ3) is 4.17. The number of likely N-dealkylation sites (tertiary alicyclic amines) is 1. The molecule has 3 aromatic rings. The van der Waals surface area contributed by atoms with Crippen LogP contribution in [0, 0.1) is 12.7 Å². The van der Waals surface area contributed by atoms with E-state index in [9.17, 15) is 9.18 Å². The Morgan fingerprint density at radius 3 is 2.62 bits per heavy atom. The molecule has 1 atom stereocenters. The molecule has 1 aromatic heterocycles. The van der Waals surface area contributed by atoms with Crippen molar-refractivity contribution in [3.63, 3.8) is 0 Å². The summed E-state index contributed by atoms with van der Waals surface area (Å²) in [5.41, 5.74) is 4.60. The summed E-state index contributed by atoms with van der Waals surface area (Å²) >= 11 is 0. The summed E-state index contributed by atoms with van der Waals surface area (Å²) < 4.78 is 24.6. The molecule has 5 rings (SSSR count). The number of hydrogen-bond donors (Lipinski definition) is 0. The average molecular weight is 432 g/mol. The van der Waals surface area contributed by atoms with Crippen molar-refractivity contribution in [2.45, 2.75) is 32.2 Å². The quantitative estimate of drug-likeness (QED) is 0.590. The summed E-state index contributed by atoms with van der Waals surface area (Å²) in [5.74, 6) is 1.25. The van der Waals surface area contributed by atoms with Gasteiger partial charge in [0, 0.05) is 12.2 Å². The van der Waals surface area contributed by atoms with Crippen molar-refractivity contribution in [2.75, 3.05) is 19.8 Å². The first-order valence-electron chi connectivity index (χ1n) is 11.0. The molecule has 2 aliphatic rings. The molecule has 1 unspecified atom stereocenters. The minimum absolute atomic E-state index is 0.0567. The van der Waals surface area contributed by atoms with E-state index in [1.165, 1.54) is 12.1 Å². The lowest BCUT2D eigenvalue weighted by Crippen LogP contribution is -2.32. The van der Waals surface area contributed by atoms with Crippen LogP contribution in [0.5, 0.6) is 11.5 Å². The molecular weight excluding hydrogens is 407 g/mol. The number of aryl methyl sites for hydroxylation is 1. The first-order chi connectivity index (χ1) is 15.6. The average Bonchev–Trinajstić information content (AvgIpc) is 3.29. The highest BCUT2D eigenvalue weighted by Gasteiger charge is 2.31. The van der Waals surface area contributed by atoms with Crippen LogP contribution in [-0.2, 0) is 11.2 Å². The Balaban J connectivity index is 1.37. The lowest BCUT2D eigenvalue weighted by atomic mass is 10.0. The SMILES string of the molecule is Cc1cc(-c2ccc(F)cc2)cc(C2CCCN2C(=O)Cc2ccc3c(c2)OCCO3)n1. The number of carbonyl (C=O) groups is 1. The maximum atomic E-state index is 13.3. The summed E-state index contributed by atoms with van der Waals surface area (Å²) in [4.78, 5) is 19.9. The predicted octanol–water partition coefficient (Wildman–Crippen LogP) is 4.87. The van der Waals surface area contributed by atoms with Gasteiger partial charge in [-0.05, 0) is 72.9 Å². The van der Waals surface area contributed by atoms with E-state index in [-0.39, 0.29) is 17.8 Å². The number of halogens is 1. The minimum atomic E-state index is -0.258. The first-order valence-corrected chi connectivity index (χ1v) is 11.0. The van der Waals surface area contributed by atoms with Gasteiger partial charge < -0.3 is 14.4 Å². The normalized spacial score (nSPS) is 17.4. The number of hydrogen-bond acceptors (Lipinski definition) is 4. The lowest BCUT2D eigenvalue weighted by molar-refractivity contribution is -0.131. The van der Waals surface area contributed by atoms with Crippen molar-refractivity contribution < 1.29 is 18.7 Å². The second-order valence-corrected chi connectivity index (χ2v) is 8.33. The van der Waals surface area contributed by atoms with Gasteiger partial charge in [-0.2, -0.15) is 0 Å². The molecule has 32 heavy (non-hydrogen) atoms. The van der Waals surface area contributed by atoms with Gasteiger partial charge in [-0.1, -0.05) is 18.2 Å². The molecule has 1 saturated heterocycles. The fourth-order valence-electron chi connectivity index (χ4n) is 4.52. The maximum Gasteiger partial charge on any atom is 0.227 e. The summed E-state index contributed by atoms with van der Waals surface area (Å²) in [6.45, 7) is 3.74. The van der Waals surface area contributed by atoms with Crippen LogP contribution in [0.25, 0.3) is 11.1 Å². The molecule has 0 N–H and O–H groups in total. The van der Waals surface area contributed by atoms with Gasteiger partial charge in [0.05, 0.1) is 18.2 Å². The van der Waals surface area contributed by atoms with Crippen molar-refractivity contribution in [3.05, 3.63) is 77.4 Å². The minimum Gasteiger partial charge on any atom is -0.486 e. The molecule has 0 radical (unpaired) electrons. The molecule has 2 aliphatic heterocycles. The second kappa shape index (κ2) is 8.61. The van der Waals surface area contributed by atoms with Gasteiger partial charge in [0.1, 0.15) is 19.0 Å². The highest BCUT2D eigenvalue weighted by atomic mass is 19.1. The molecule has 1 fully saturated rings. The van der Waals surface area contributed by atoms with E-state index in [1.54, 1.807) is 12.1 Å². The fraction of sp³-hybridized carbons (Fsp3) is 0.308. The van der Waals surface area contributed by atoms with Gasteiger partial charge >= 0.3 is 0 Å². The number of carbonyl (C=O) groups excluding carboxylic acids is 1. The van der Waals surface area contributed by atoms with E-state index in [4.69, 9.17) is 14.5 Å². The molecule has 1 amide bonds. The Morgan fingerprint density at radius 1 is 1.03 bits per heavy atom. The Bertz CT molecular complexity index is 1150. The zero-order valence-electron chi connectivity index (χ0n) is 18.0. The van der Waals surface area contributed by atoms with Crippen molar-refractivity contribution in [1.82, 2.24) is 9.88 Å². The van der Waals surface area contributed by atoms with Crippen LogP contribution in [0.4, 0.5) is 4.39 Å². The molecular formula is C26H25FN2O3. The summed E-state index contributed by atoms with van der Waals surface area (Å²) in [7, 11) is 0. The molecule has 0 bridgehead atoms. The van der Waals surface area contributed by atoms with Crippen molar-refractivity contribution in [2.24, 2.45) is 0 Å². The third-order valence-corrected chi connectivity index (χ3v) is 6.03. The zero-order valence-corrected chi connectivity index (χ0v) is 18.0. The van der Waals surface area contributed by atoms with Crippen LogP contribution >= 0.6 is 0 Å². The van der Waals surface area contributed by atoms with Gasteiger partial charge in [0.2, 0.25) is 5.91 Å². The van der Waals surface area contributed by atoms with Crippen LogP contribution in [0.3, 0.4) is 0 Å². The molecule has 0 saturated carbocycles. The Hall–Kier alpha value is -3.41. The maximum absolute atomic E-state index is 13.3. The predicted molar refractivity (Wildman–Crippen MR) is 119 cm³/mol. The Labute approximate surface area is 186 Å². The molecule has 0 spiro atoms. The highest BCUT2D eigenvalue weighted by Crippen LogP contribution is 2.35. The number of nitrogens with zero attached hydrogens (tertiary/aromatic N) is 2. The Morgan fingerprint density at radius 2 is 1.81 bits per heavy atom. The van der Waals surface area contributed by atoms with Crippen molar-refractivity contribution in [1.29, 1.82) is 0 Å². The standard InChI is InChI=1S/C26H25FN2O3/c1-17-13-20(19-5-7-21(27)8-6-19)16-22(28-17)23-3-2-10-29(23)26(30)15-18-4-9-24-25(14-18)32-12-11-31-24/h4-9,13-14,16,23H,2-3,10-12,15H2,1H3. The Kier molecular flexibility index (Phi) is 5.52. The number of fused-ring (bicyclic) bond motifs is 1. The summed E-state index contributed by atoms with van der Waals surface area (Å²) in [6.07, 6.45) is 2.13. The smallest absolute Gasteiger partial charge is 0.227 e. The van der Waals surface area contributed by atoms with E-state index in [0.29, 0.717) is 25.4 Å².